The molecule has 17 heavy (non-hydrogen) atoms. The van der Waals surface area contributed by atoms with Crippen LogP contribution in [0, 0.1) is 12.8 Å². The molecule has 0 bridgehead atoms. The van der Waals surface area contributed by atoms with E-state index in [1.807, 2.05) is 0 Å². The summed E-state index contributed by atoms with van der Waals surface area (Å²) in [5, 5.41) is 8.91. The highest BCUT2D eigenvalue weighted by molar-refractivity contribution is 7.91. The third-order valence-corrected chi connectivity index (χ3v) is 4.49. The Morgan fingerprint density at radius 3 is 2.88 bits per heavy atom. The van der Waals surface area contributed by atoms with Crippen molar-refractivity contribution >= 4 is 21.7 Å². The number of amides is 1. The van der Waals surface area contributed by atoms with E-state index in [9.17, 15) is 13.2 Å². The summed E-state index contributed by atoms with van der Waals surface area (Å²) in [5.41, 5.74) is 0. The Bertz CT molecular complexity index is 522. The van der Waals surface area contributed by atoms with Crippen molar-refractivity contribution in [3.8, 4) is 0 Å². The molecule has 1 amide bonds. The summed E-state index contributed by atoms with van der Waals surface area (Å²) in [7, 11) is -2.93. The second-order valence-electron chi connectivity index (χ2n) is 4.27. The van der Waals surface area contributed by atoms with Crippen LogP contribution in [0.15, 0.2) is 0 Å². The number of nitrogens with zero attached hydrogens (tertiary/aromatic N) is 2. The van der Waals surface area contributed by atoms with E-state index in [0.717, 1.165) is 0 Å². The van der Waals surface area contributed by atoms with Crippen LogP contribution in [0.3, 0.4) is 0 Å². The first kappa shape index (κ1) is 12.0. The molecular weight excluding hydrogens is 244 g/mol. The average Bonchev–Trinajstić information content (AvgIpc) is 2.73. The molecule has 2 rings (SSSR count). The highest BCUT2D eigenvalue weighted by atomic mass is 32.2. The molecule has 1 aromatic heterocycles. The molecular formula is C9H14N4O3S. The van der Waals surface area contributed by atoms with Crippen LogP contribution in [0.2, 0.25) is 0 Å². The Hall–Kier alpha value is -1.44. The van der Waals surface area contributed by atoms with Gasteiger partial charge in [0.25, 0.3) is 0 Å². The van der Waals surface area contributed by atoms with Crippen LogP contribution in [0.5, 0.6) is 0 Å². The number of aryl methyl sites for hydroxylation is 1. The lowest BCUT2D eigenvalue weighted by Gasteiger charge is -2.05. The van der Waals surface area contributed by atoms with E-state index < -0.39 is 9.84 Å². The fourth-order valence-corrected chi connectivity index (χ4v) is 3.73. The molecule has 1 aromatic rings. The van der Waals surface area contributed by atoms with E-state index in [0.29, 0.717) is 12.2 Å². The number of aromatic amines is 1. The van der Waals surface area contributed by atoms with E-state index >= 15 is 0 Å². The summed E-state index contributed by atoms with van der Waals surface area (Å²) >= 11 is 0. The van der Waals surface area contributed by atoms with Crippen molar-refractivity contribution < 1.29 is 13.2 Å². The van der Waals surface area contributed by atoms with Gasteiger partial charge in [-0.05, 0) is 19.3 Å². The number of sulfone groups is 1. The molecule has 2 heterocycles. The van der Waals surface area contributed by atoms with Crippen LogP contribution in [-0.4, -0.2) is 41.0 Å². The fraction of sp³-hybridized carbons (Fsp3) is 0.667. The number of anilines is 1. The molecule has 1 fully saturated rings. The molecule has 1 saturated heterocycles. The van der Waals surface area contributed by atoms with Gasteiger partial charge in [0.1, 0.15) is 5.82 Å². The van der Waals surface area contributed by atoms with Gasteiger partial charge in [0.15, 0.2) is 9.84 Å². The van der Waals surface area contributed by atoms with Crippen LogP contribution >= 0.6 is 0 Å². The van der Waals surface area contributed by atoms with Gasteiger partial charge in [-0.3, -0.25) is 15.2 Å². The Kier molecular flexibility index (Phi) is 3.14. The van der Waals surface area contributed by atoms with E-state index in [2.05, 4.69) is 20.5 Å². The predicted octanol–water partition coefficient (Wildman–Crippen LogP) is -0.124. The van der Waals surface area contributed by atoms with Crippen molar-refractivity contribution in [1.82, 2.24) is 15.2 Å². The molecule has 0 radical (unpaired) electrons. The molecule has 1 aliphatic rings. The molecule has 2 N–H and O–H groups in total. The maximum Gasteiger partial charge on any atom is 0.248 e. The maximum atomic E-state index is 11.6. The third kappa shape index (κ3) is 3.26. The van der Waals surface area contributed by atoms with E-state index in [1.165, 1.54) is 0 Å². The highest BCUT2D eigenvalue weighted by Crippen LogP contribution is 2.21. The predicted molar refractivity (Wildman–Crippen MR) is 61.1 cm³/mol. The van der Waals surface area contributed by atoms with Gasteiger partial charge < -0.3 is 0 Å². The van der Waals surface area contributed by atoms with Crippen molar-refractivity contribution in [2.75, 3.05) is 16.8 Å². The first-order valence-corrected chi connectivity index (χ1v) is 7.16. The number of H-pyrrole nitrogens is 1. The Balaban J connectivity index is 1.86. The first-order valence-electron chi connectivity index (χ1n) is 5.34. The Morgan fingerprint density at radius 1 is 1.59 bits per heavy atom. The Labute approximate surface area is 98.9 Å². The number of hydrogen-bond acceptors (Lipinski definition) is 5. The number of aromatic nitrogens is 3. The van der Waals surface area contributed by atoms with Crippen molar-refractivity contribution in [1.29, 1.82) is 0 Å². The Morgan fingerprint density at radius 2 is 2.35 bits per heavy atom. The lowest BCUT2D eigenvalue weighted by Crippen LogP contribution is -2.18. The lowest BCUT2D eigenvalue weighted by molar-refractivity contribution is -0.116. The molecule has 1 aliphatic heterocycles. The smallest absolute Gasteiger partial charge is 0.248 e. The fourth-order valence-electron chi connectivity index (χ4n) is 1.87. The SMILES string of the molecule is Cc1nc(NC(=O)CC2CCS(=O)(=O)C2)n[nH]1. The molecule has 7 nitrogen and oxygen atoms in total. The van der Waals surface area contributed by atoms with Gasteiger partial charge in [-0.1, -0.05) is 0 Å². The van der Waals surface area contributed by atoms with E-state index in [1.54, 1.807) is 6.92 Å². The minimum Gasteiger partial charge on any atom is -0.293 e. The van der Waals surface area contributed by atoms with Crippen LogP contribution < -0.4 is 5.32 Å². The standard InChI is InChI=1S/C9H14N4O3S/c1-6-10-9(13-12-6)11-8(14)4-7-2-3-17(15,16)5-7/h7H,2-5H2,1H3,(H2,10,11,12,13,14). The van der Waals surface area contributed by atoms with Crippen molar-refractivity contribution in [2.24, 2.45) is 5.92 Å². The summed E-state index contributed by atoms with van der Waals surface area (Å²) < 4.78 is 22.4. The minimum atomic E-state index is -2.93. The molecule has 94 valence electrons. The average molecular weight is 258 g/mol. The molecule has 0 aromatic carbocycles. The summed E-state index contributed by atoms with van der Waals surface area (Å²) in [5.74, 6) is 0.807. The van der Waals surface area contributed by atoms with Crippen LogP contribution in [0.1, 0.15) is 18.7 Å². The van der Waals surface area contributed by atoms with Gasteiger partial charge in [-0.2, -0.15) is 4.98 Å². The van der Waals surface area contributed by atoms with Crippen LogP contribution in [-0.2, 0) is 14.6 Å². The number of hydrogen-bond donors (Lipinski definition) is 2. The van der Waals surface area contributed by atoms with Crippen molar-refractivity contribution in [3.05, 3.63) is 5.82 Å². The maximum absolute atomic E-state index is 11.6. The minimum absolute atomic E-state index is 0.0833. The number of carbonyl (C=O) groups excluding carboxylic acids is 1. The number of nitrogens with one attached hydrogen (secondary N) is 2. The molecule has 8 heteroatoms. The first-order chi connectivity index (χ1) is 7.94. The third-order valence-electron chi connectivity index (χ3n) is 2.65. The molecule has 0 spiro atoms. The zero-order chi connectivity index (χ0) is 12.5. The molecule has 1 atom stereocenters. The van der Waals surface area contributed by atoms with Crippen molar-refractivity contribution in [3.63, 3.8) is 0 Å². The molecule has 1 unspecified atom stereocenters. The normalized spacial score (nSPS) is 22.5. The zero-order valence-electron chi connectivity index (χ0n) is 9.43. The number of rotatable bonds is 3. The highest BCUT2D eigenvalue weighted by Gasteiger charge is 2.29. The summed E-state index contributed by atoms with van der Waals surface area (Å²) in [6.07, 6.45) is 0.760. The number of carbonyl (C=O) groups is 1. The second kappa shape index (κ2) is 4.44. The topological polar surface area (TPSA) is 105 Å². The largest absolute Gasteiger partial charge is 0.293 e. The quantitative estimate of drug-likeness (QED) is 0.786. The van der Waals surface area contributed by atoms with Gasteiger partial charge in [-0.25, -0.2) is 8.42 Å². The van der Waals surface area contributed by atoms with E-state index in [-0.39, 0.29) is 35.7 Å². The van der Waals surface area contributed by atoms with Crippen LogP contribution in [0.25, 0.3) is 0 Å². The summed E-state index contributed by atoms with van der Waals surface area (Å²) in [6.45, 7) is 1.73. The van der Waals surface area contributed by atoms with Gasteiger partial charge in [0.05, 0.1) is 11.5 Å². The second-order valence-corrected chi connectivity index (χ2v) is 6.49. The molecule has 0 aliphatic carbocycles. The van der Waals surface area contributed by atoms with E-state index in [4.69, 9.17) is 0 Å². The van der Waals surface area contributed by atoms with Gasteiger partial charge >= 0.3 is 0 Å². The van der Waals surface area contributed by atoms with Crippen LogP contribution in [0.4, 0.5) is 5.95 Å². The summed E-state index contributed by atoms with van der Waals surface area (Å²) in [6, 6.07) is 0. The molecule has 0 saturated carbocycles. The van der Waals surface area contributed by atoms with Gasteiger partial charge in [0.2, 0.25) is 11.9 Å². The van der Waals surface area contributed by atoms with Gasteiger partial charge in [-0.15, -0.1) is 5.10 Å². The zero-order valence-corrected chi connectivity index (χ0v) is 10.2. The lowest BCUT2D eigenvalue weighted by atomic mass is 10.1. The monoisotopic (exact) mass is 258 g/mol. The summed E-state index contributed by atoms with van der Waals surface area (Å²) in [4.78, 5) is 15.5. The van der Waals surface area contributed by atoms with Crippen molar-refractivity contribution in [2.45, 2.75) is 19.8 Å². The van der Waals surface area contributed by atoms with Gasteiger partial charge in [0, 0.05) is 6.42 Å².